The summed E-state index contributed by atoms with van der Waals surface area (Å²) < 4.78 is 36.8. The van der Waals surface area contributed by atoms with E-state index in [0.29, 0.717) is 6.42 Å². The molecule has 120 valence electrons. The molecule has 0 fully saturated rings. The van der Waals surface area contributed by atoms with Crippen LogP contribution in [-0.2, 0) is 14.8 Å². The van der Waals surface area contributed by atoms with E-state index in [2.05, 4.69) is 9.46 Å². The van der Waals surface area contributed by atoms with Crippen LogP contribution >= 0.6 is 0 Å². The number of rotatable bonds is 7. The molecule has 8 heteroatoms. The van der Waals surface area contributed by atoms with Gasteiger partial charge in [-0.05, 0) is 20.3 Å². The number of furan rings is 1. The number of methoxy groups -OCH3 is 1. The van der Waals surface area contributed by atoms with E-state index < -0.39 is 22.1 Å². The topological polar surface area (TPSA) is 106 Å². The summed E-state index contributed by atoms with van der Waals surface area (Å²) in [6.07, 6.45) is 0.440. The van der Waals surface area contributed by atoms with Crippen molar-refractivity contribution in [2.75, 3.05) is 13.7 Å². The second kappa shape index (κ2) is 7.06. The molecule has 7 nitrogen and oxygen atoms in total. The van der Waals surface area contributed by atoms with Crippen LogP contribution in [0.1, 0.15) is 41.6 Å². The molecule has 1 atom stereocenters. The van der Waals surface area contributed by atoms with Crippen molar-refractivity contribution in [1.29, 1.82) is 0 Å². The zero-order valence-corrected chi connectivity index (χ0v) is 13.4. The second-order valence-electron chi connectivity index (χ2n) is 4.70. The van der Waals surface area contributed by atoms with Crippen molar-refractivity contribution in [1.82, 2.24) is 4.72 Å². The molecular formula is C13H21NO6S. The predicted molar refractivity (Wildman–Crippen MR) is 75.6 cm³/mol. The molecular weight excluding hydrogens is 298 g/mol. The summed E-state index contributed by atoms with van der Waals surface area (Å²) in [5.74, 6) is -0.502. The number of esters is 1. The summed E-state index contributed by atoms with van der Waals surface area (Å²) in [6.45, 7) is 4.71. The van der Waals surface area contributed by atoms with Gasteiger partial charge in [0.15, 0.2) is 0 Å². The molecule has 0 aliphatic heterocycles. The monoisotopic (exact) mass is 319 g/mol. The van der Waals surface area contributed by atoms with Crippen molar-refractivity contribution in [3.63, 3.8) is 0 Å². The van der Waals surface area contributed by atoms with E-state index in [9.17, 15) is 18.3 Å². The summed E-state index contributed by atoms with van der Waals surface area (Å²) in [4.78, 5) is 11.5. The number of aryl methyl sites for hydroxylation is 2. The lowest BCUT2D eigenvalue weighted by Crippen LogP contribution is -2.33. The summed E-state index contributed by atoms with van der Waals surface area (Å²) in [7, 11) is -2.81. The van der Waals surface area contributed by atoms with Gasteiger partial charge in [-0.3, -0.25) is 0 Å². The minimum atomic E-state index is -3.97. The number of aliphatic hydroxyl groups is 1. The minimum absolute atomic E-state index is 0.102. The first-order valence-electron chi connectivity index (χ1n) is 6.60. The standard InChI is InChI=1S/C13H21NO6S/c1-5-6-10(15)7-14-21(17,18)12-9(3)20-8(2)11(12)13(16)19-4/h10,14-15H,5-7H2,1-4H3. The Labute approximate surface area is 124 Å². The molecule has 0 radical (unpaired) electrons. The Morgan fingerprint density at radius 3 is 2.52 bits per heavy atom. The number of hydrogen-bond acceptors (Lipinski definition) is 6. The highest BCUT2D eigenvalue weighted by Crippen LogP contribution is 2.27. The number of hydrogen-bond donors (Lipinski definition) is 2. The van der Waals surface area contributed by atoms with Gasteiger partial charge in [0.1, 0.15) is 22.0 Å². The highest BCUT2D eigenvalue weighted by Gasteiger charge is 2.31. The molecule has 1 heterocycles. The molecule has 2 N–H and O–H groups in total. The van der Waals surface area contributed by atoms with Crippen LogP contribution in [0.4, 0.5) is 0 Å². The van der Waals surface area contributed by atoms with Gasteiger partial charge in [0.2, 0.25) is 10.0 Å². The van der Waals surface area contributed by atoms with Crippen molar-refractivity contribution in [2.45, 2.75) is 44.6 Å². The molecule has 1 aromatic heterocycles. The quantitative estimate of drug-likeness (QED) is 0.730. The Morgan fingerprint density at radius 2 is 2.00 bits per heavy atom. The lowest BCUT2D eigenvalue weighted by Gasteiger charge is -2.11. The second-order valence-corrected chi connectivity index (χ2v) is 6.41. The van der Waals surface area contributed by atoms with E-state index >= 15 is 0 Å². The van der Waals surface area contributed by atoms with E-state index in [1.807, 2.05) is 6.92 Å². The minimum Gasteiger partial charge on any atom is -0.465 e. The van der Waals surface area contributed by atoms with Crippen LogP contribution in [-0.4, -0.2) is 39.3 Å². The Kier molecular flexibility index (Phi) is 5.94. The average molecular weight is 319 g/mol. The largest absolute Gasteiger partial charge is 0.465 e. The van der Waals surface area contributed by atoms with Gasteiger partial charge in [0.25, 0.3) is 0 Å². The third-order valence-corrected chi connectivity index (χ3v) is 4.57. The number of sulfonamides is 1. The Morgan fingerprint density at radius 1 is 1.38 bits per heavy atom. The van der Waals surface area contributed by atoms with Gasteiger partial charge in [0, 0.05) is 6.54 Å². The molecule has 0 aliphatic carbocycles. The van der Waals surface area contributed by atoms with Crippen LogP contribution in [0.25, 0.3) is 0 Å². The highest BCUT2D eigenvalue weighted by atomic mass is 32.2. The smallest absolute Gasteiger partial charge is 0.342 e. The van der Waals surface area contributed by atoms with Gasteiger partial charge in [-0.15, -0.1) is 0 Å². The van der Waals surface area contributed by atoms with Gasteiger partial charge in [-0.25, -0.2) is 17.9 Å². The third kappa shape index (κ3) is 4.05. The van der Waals surface area contributed by atoms with Crippen molar-refractivity contribution in [2.24, 2.45) is 0 Å². The van der Waals surface area contributed by atoms with E-state index in [0.717, 1.165) is 6.42 Å². The molecule has 0 saturated carbocycles. The molecule has 0 bridgehead atoms. The molecule has 21 heavy (non-hydrogen) atoms. The molecule has 0 amide bonds. The SMILES string of the molecule is CCCC(O)CNS(=O)(=O)c1c(C)oc(C)c1C(=O)OC. The van der Waals surface area contributed by atoms with Gasteiger partial charge in [-0.2, -0.15) is 0 Å². The Hall–Kier alpha value is -1.38. The van der Waals surface area contributed by atoms with Crippen LogP contribution < -0.4 is 4.72 Å². The third-order valence-electron chi connectivity index (χ3n) is 2.99. The molecule has 0 spiro atoms. The number of carbonyl (C=O) groups excluding carboxylic acids is 1. The first-order chi connectivity index (χ1) is 9.74. The first-order valence-corrected chi connectivity index (χ1v) is 8.08. The summed E-state index contributed by atoms with van der Waals surface area (Å²) in [5, 5.41) is 9.62. The van der Waals surface area contributed by atoms with Crippen molar-refractivity contribution in [3.8, 4) is 0 Å². The fourth-order valence-corrected chi connectivity index (χ4v) is 3.51. The van der Waals surface area contributed by atoms with Crippen LogP contribution in [0, 0.1) is 13.8 Å². The lowest BCUT2D eigenvalue weighted by molar-refractivity contribution is 0.0595. The van der Waals surface area contributed by atoms with E-state index in [1.165, 1.54) is 21.0 Å². The highest BCUT2D eigenvalue weighted by molar-refractivity contribution is 7.89. The maximum atomic E-state index is 12.3. The van der Waals surface area contributed by atoms with Crippen molar-refractivity contribution < 1.29 is 27.5 Å². The zero-order valence-electron chi connectivity index (χ0n) is 12.6. The van der Waals surface area contributed by atoms with Gasteiger partial charge in [0.05, 0.1) is 13.2 Å². The number of aliphatic hydroxyl groups excluding tert-OH is 1. The molecule has 1 rings (SSSR count). The maximum absolute atomic E-state index is 12.3. The van der Waals surface area contributed by atoms with E-state index in [4.69, 9.17) is 4.42 Å². The fourth-order valence-electron chi connectivity index (χ4n) is 2.04. The lowest BCUT2D eigenvalue weighted by atomic mass is 10.2. The van der Waals surface area contributed by atoms with E-state index in [1.54, 1.807) is 0 Å². The first kappa shape index (κ1) is 17.7. The van der Waals surface area contributed by atoms with Crippen molar-refractivity contribution in [3.05, 3.63) is 17.1 Å². The summed E-state index contributed by atoms with van der Waals surface area (Å²) in [5.41, 5.74) is -0.118. The molecule has 0 aromatic carbocycles. The zero-order chi connectivity index (χ0) is 16.2. The summed E-state index contributed by atoms with van der Waals surface area (Å²) in [6, 6.07) is 0. The Bertz CT molecular complexity index is 604. The van der Waals surface area contributed by atoms with E-state index in [-0.39, 0.29) is 28.5 Å². The molecule has 0 saturated heterocycles. The average Bonchev–Trinajstić information content (AvgIpc) is 2.71. The Balaban J connectivity index is 3.11. The predicted octanol–water partition coefficient (Wildman–Crippen LogP) is 1.12. The van der Waals surface area contributed by atoms with Crippen LogP contribution in [0.3, 0.4) is 0 Å². The number of carbonyl (C=O) groups is 1. The molecule has 1 aromatic rings. The van der Waals surface area contributed by atoms with Crippen LogP contribution in [0.2, 0.25) is 0 Å². The normalized spacial score (nSPS) is 13.2. The van der Waals surface area contributed by atoms with Gasteiger partial charge >= 0.3 is 5.97 Å². The summed E-state index contributed by atoms with van der Waals surface area (Å²) >= 11 is 0. The molecule has 0 aliphatic rings. The fraction of sp³-hybridized carbons (Fsp3) is 0.615. The number of nitrogens with one attached hydrogen (secondary N) is 1. The van der Waals surface area contributed by atoms with Crippen LogP contribution in [0.5, 0.6) is 0 Å². The van der Waals surface area contributed by atoms with Gasteiger partial charge in [-0.1, -0.05) is 13.3 Å². The van der Waals surface area contributed by atoms with Crippen molar-refractivity contribution >= 4 is 16.0 Å². The maximum Gasteiger partial charge on any atom is 0.342 e. The number of ether oxygens (including phenoxy) is 1. The van der Waals surface area contributed by atoms with Crippen LogP contribution in [0.15, 0.2) is 9.31 Å². The molecule has 1 unspecified atom stereocenters. The van der Waals surface area contributed by atoms with Gasteiger partial charge < -0.3 is 14.3 Å².